The van der Waals surface area contributed by atoms with Gasteiger partial charge in [-0.1, -0.05) is 27.5 Å². The fraction of sp³-hybridized carbons (Fsp3) is 0.0769. The summed E-state index contributed by atoms with van der Waals surface area (Å²) in [5.41, 5.74) is 0.669. The van der Waals surface area contributed by atoms with E-state index in [1.54, 1.807) is 18.2 Å². The second-order valence-corrected chi connectivity index (χ2v) is 5.13. The van der Waals surface area contributed by atoms with Crippen molar-refractivity contribution in [1.82, 2.24) is 0 Å². The predicted molar refractivity (Wildman–Crippen MR) is 72.8 cm³/mol. The summed E-state index contributed by atoms with van der Waals surface area (Å²) in [7, 11) is 0. The van der Waals surface area contributed by atoms with E-state index in [2.05, 4.69) is 21.2 Å². The molecule has 2 rings (SSSR count). The summed E-state index contributed by atoms with van der Waals surface area (Å²) < 4.78 is 40.0. The van der Waals surface area contributed by atoms with Crippen LogP contribution in [0.3, 0.4) is 0 Å². The molecule has 100 valence electrons. The molecule has 19 heavy (non-hydrogen) atoms. The maximum absolute atomic E-state index is 13.4. The normalized spacial score (nSPS) is 10.6. The highest BCUT2D eigenvalue weighted by Gasteiger charge is 2.10. The lowest BCUT2D eigenvalue weighted by Gasteiger charge is -2.10. The zero-order chi connectivity index (χ0) is 14.0. The third kappa shape index (κ3) is 3.42. The molecule has 2 aromatic rings. The van der Waals surface area contributed by atoms with Gasteiger partial charge in [-0.05, 0) is 23.8 Å². The van der Waals surface area contributed by atoms with E-state index in [1.807, 2.05) is 0 Å². The van der Waals surface area contributed by atoms with E-state index in [0.29, 0.717) is 11.1 Å². The minimum atomic E-state index is -1.22. The van der Waals surface area contributed by atoms with Gasteiger partial charge in [-0.2, -0.15) is 0 Å². The number of nitrogens with one attached hydrogen (secondary N) is 1. The molecule has 0 spiro atoms. The Bertz CT molecular complexity index is 619. The molecule has 2 aromatic carbocycles. The maximum Gasteiger partial charge on any atom is 0.161 e. The minimum Gasteiger partial charge on any atom is -0.378 e. The number of rotatable bonds is 3. The van der Waals surface area contributed by atoms with Gasteiger partial charge >= 0.3 is 0 Å². The van der Waals surface area contributed by atoms with Crippen LogP contribution in [0.1, 0.15) is 5.56 Å². The van der Waals surface area contributed by atoms with Crippen LogP contribution in [0.5, 0.6) is 0 Å². The van der Waals surface area contributed by atoms with Gasteiger partial charge in [0.15, 0.2) is 11.6 Å². The van der Waals surface area contributed by atoms with E-state index >= 15 is 0 Å². The van der Waals surface area contributed by atoms with Gasteiger partial charge in [-0.3, -0.25) is 0 Å². The quantitative estimate of drug-likeness (QED) is 0.757. The Labute approximate surface area is 121 Å². The Morgan fingerprint density at radius 3 is 2.42 bits per heavy atom. The van der Waals surface area contributed by atoms with Crippen LogP contribution in [0.15, 0.2) is 34.8 Å². The fourth-order valence-electron chi connectivity index (χ4n) is 1.53. The summed E-state index contributed by atoms with van der Waals surface area (Å²) in [6.07, 6.45) is 0. The van der Waals surface area contributed by atoms with Gasteiger partial charge < -0.3 is 5.32 Å². The zero-order valence-electron chi connectivity index (χ0n) is 9.48. The molecule has 0 radical (unpaired) electrons. The summed E-state index contributed by atoms with van der Waals surface area (Å²) in [5.74, 6) is -3.17. The van der Waals surface area contributed by atoms with Crippen molar-refractivity contribution < 1.29 is 13.2 Å². The molecule has 0 unspecified atom stereocenters. The number of benzene rings is 2. The smallest absolute Gasteiger partial charge is 0.161 e. The van der Waals surface area contributed by atoms with Gasteiger partial charge in [-0.25, -0.2) is 13.2 Å². The summed E-state index contributed by atoms with van der Waals surface area (Å²) in [4.78, 5) is 0. The van der Waals surface area contributed by atoms with E-state index in [-0.39, 0.29) is 12.2 Å². The fourth-order valence-corrected chi connectivity index (χ4v) is 2.11. The molecular formula is C13H8BrClF3N. The van der Waals surface area contributed by atoms with E-state index in [1.165, 1.54) is 0 Å². The van der Waals surface area contributed by atoms with E-state index < -0.39 is 17.5 Å². The van der Waals surface area contributed by atoms with Crippen LogP contribution < -0.4 is 5.32 Å². The number of hydrogen-bond acceptors (Lipinski definition) is 1. The molecule has 1 nitrogen and oxygen atoms in total. The molecule has 0 aliphatic heterocycles. The van der Waals surface area contributed by atoms with Crippen molar-refractivity contribution in [1.29, 1.82) is 0 Å². The van der Waals surface area contributed by atoms with Gasteiger partial charge in [0, 0.05) is 28.2 Å². The second-order valence-electron chi connectivity index (χ2n) is 3.84. The van der Waals surface area contributed by atoms with E-state index in [0.717, 1.165) is 16.1 Å². The highest BCUT2D eigenvalue weighted by Crippen LogP contribution is 2.24. The third-order valence-corrected chi connectivity index (χ3v) is 3.50. The first-order valence-corrected chi connectivity index (χ1v) is 6.47. The topological polar surface area (TPSA) is 12.0 Å². The maximum atomic E-state index is 13.4. The molecule has 1 N–H and O–H groups in total. The Balaban J connectivity index is 2.19. The SMILES string of the molecule is Fc1cc(F)c(NCc2cc(Cl)ccc2Br)cc1F. The minimum absolute atomic E-state index is 0.106. The van der Waals surface area contributed by atoms with Crippen molar-refractivity contribution in [3.05, 3.63) is 62.8 Å². The zero-order valence-corrected chi connectivity index (χ0v) is 11.8. The van der Waals surface area contributed by atoms with Crippen molar-refractivity contribution in [3.8, 4) is 0 Å². The molecule has 0 heterocycles. The summed E-state index contributed by atoms with van der Waals surface area (Å²) in [5, 5.41) is 3.23. The number of hydrogen-bond donors (Lipinski definition) is 1. The third-order valence-electron chi connectivity index (χ3n) is 2.49. The molecule has 0 aromatic heterocycles. The summed E-state index contributed by atoms with van der Waals surface area (Å²) in [6.45, 7) is 0.225. The molecule has 0 aliphatic rings. The Morgan fingerprint density at radius 1 is 1.00 bits per heavy atom. The van der Waals surface area contributed by atoms with Crippen molar-refractivity contribution >= 4 is 33.2 Å². The van der Waals surface area contributed by atoms with Crippen LogP contribution in [0, 0.1) is 17.5 Å². The van der Waals surface area contributed by atoms with Gasteiger partial charge in [0.2, 0.25) is 0 Å². The molecule has 0 atom stereocenters. The van der Waals surface area contributed by atoms with Crippen LogP contribution in [-0.4, -0.2) is 0 Å². The number of anilines is 1. The molecular weight excluding hydrogens is 343 g/mol. The number of halogens is 5. The largest absolute Gasteiger partial charge is 0.378 e. The predicted octanol–water partition coefficient (Wildman–Crippen LogP) is 5.13. The monoisotopic (exact) mass is 349 g/mol. The first-order valence-electron chi connectivity index (χ1n) is 5.29. The molecule has 0 saturated heterocycles. The van der Waals surface area contributed by atoms with E-state index in [4.69, 9.17) is 11.6 Å². The van der Waals surface area contributed by atoms with Gasteiger partial charge in [-0.15, -0.1) is 0 Å². The first kappa shape index (κ1) is 14.2. The molecule has 0 amide bonds. The second kappa shape index (κ2) is 5.84. The lowest BCUT2D eigenvalue weighted by atomic mass is 10.2. The lowest BCUT2D eigenvalue weighted by molar-refractivity contribution is 0.496. The van der Waals surface area contributed by atoms with Crippen LogP contribution in [0.25, 0.3) is 0 Å². The van der Waals surface area contributed by atoms with Gasteiger partial charge in [0.25, 0.3) is 0 Å². The van der Waals surface area contributed by atoms with Crippen LogP contribution in [0.2, 0.25) is 5.02 Å². The molecule has 0 saturated carbocycles. The van der Waals surface area contributed by atoms with Crippen LogP contribution in [0.4, 0.5) is 18.9 Å². The van der Waals surface area contributed by atoms with Gasteiger partial charge in [0.1, 0.15) is 5.82 Å². The van der Waals surface area contributed by atoms with Crippen molar-refractivity contribution in [3.63, 3.8) is 0 Å². The Morgan fingerprint density at radius 2 is 1.68 bits per heavy atom. The highest BCUT2D eigenvalue weighted by molar-refractivity contribution is 9.10. The van der Waals surface area contributed by atoms with Crippen molar-refractivity contribution in [2.75, 3.05) is 5.32 Å². The average molecular weight is 351 g/mol. The Kier molecular flexibility index (Phi) is 4.37. The lowest BCUT2D eigenvalue weighted by Crippen LogP contribution is -2.03. The summed E-state index contributed by atoms with van der Waals surface area (Å²) >= 11 is 9.17. The highest BCUT2D eigenvalue weighted by atomic mass is 79.9. The first-order chi connectivity index (χ1) is 8.97. The molecule has 0 fully saturated rings. The molecule has 6 heteroatoms. The van der Waals surface area contributed by atoms with Crippen molar-refractivity contribution in [2.24, 2.45) is 0 Å². The summed E-state index contributed by atoms with van der Waals surface area (Å²) in [6, 6.07) is 6.43. The van der Waals surface area contributed by atoms with Crippen LogP contribution >= 0.6 is 27.5 Å². The molecule has 0 bridgehead atoms. The van der Waals surface area contributed by atoms with Crippen LogP contribution in [-0.2, 0) is 6.54 Å². The Hall–Kier alpha value is -1.20. The van der Waals surface area contributed by atoms with E-state index in [9.17, 15) is 13.2 Å². The standard InChI is InChI=1S/C13H8BrClF3N/c14-9-2-1-8(15)3-7(9)6-19-13-5-11(17)10(16)4-12(13)18/h1-5,19H,6H2. The average Bonchev–Trinajstić information content (AvgIpc) is 2.36. The van der Waals surface area contributed by atoms with Gasteiger partial charge in [0.05, 0.1) is 5.69 Å². The molecule has 0 aliphatic carbocycles. The van der Waals surface area contributed by atoms with Crippen molar-refractivity contribution in [2.45, 2.75) is 6.54 Å².